The lowest BCUT2D eigenvalue weighted by Gasteiger charge is -2.14. The van der Waals surface area contributed by atoms with Gasteiger partial charge in [0, 0.05) is 26.7 Å². The largest absolute Gasteiger partial charge is 0.497 e. The van der Waals surface area contributed by atoms with E-state index < -0.39 is 0 Å². The van der Waals surface area contributed by atoms with Crippen molar-refractivity contribution in [2.75, 3.05) is 7.11 Å². The number of amides is 1. The summed E-state index contributed by atoms with van der Waals surface area (Å²) in [6.45, 7) is 0.155. The van der Waals surface area contributed by atoms with Crippen LogP contribution in [0, 0.1) is 0 Å². The van der Waals surface area contributed by atoms with E-state index in [1.165, 1.54) is 16.2 Å². The quantitative estimate of drug-likeness (QED) is 0.539. The van der Waals surface area contributed by atoms with Gasteiger partial charge in [0.15, 0.2) is 10.6 Å². The zero-order valence-electron chi connectivity index (χ0n) is 16.6. The number of carbonyl (C=O) groups excluding carboxylic acids is 2. The molecule has 2 aromatic carbocycles. The lowest BCUT2D eigenvalue weighted by molar-refractivity contribution is 0.0961. The highest BCUT2D eigenvalue weighted by Gasteiger charge is 2.20. The third-order valence-corrected chi connectivity index (χ3v) is 6.59. The number of halogens is 1. The Labute approximate surface area is 183 Å². The normalized spacial score (nSPS) is 13.7. The van der Waals surface area contributed by atoms with E-state index in [0.29, 0.717) is 26.7 Å². The highest BCUT2D eigenvalue weighted by molar-refractivity contribution is 7.09. The number of Topliss-reactive ketones (excluding diaryl/α,β-unsaturated/α-hetero) is 1. The lowest BCUT2D eigenvalue weighted by Crippen LogP contribution is -2.24. The number of aryl methyl sites for hydroxylation is 1. The maximum absolute atomic E-state index is 12.9. The van der Waals surface area contributed by atoms with E-state index in [0.717, 1.165) is 31.4 Å². The molecule has 1 aliphatic rings. The summed E-state index contributed by atoms with van der Waals surface area (Å²) in [5.41, 5.74) is 2.20. The molecule has 3 aromatic rings. The molecule has 0 aliphatic heterocycles. The van der Waals surface area contributed by atoms with Gasteiger partial charge in [-0.05, 0) is 74.2 Å². The van der Waals surface area contributed by atoms with Crippen LogP contribution < -0.4 is 9.54 Å². The molecule has 0 bridgehead atoms. The SMILES string of the molecule is COc1ccc(C(=O)N=c2sc3c(n2CC(=O)c2ccc(Cl)cc2)CCCC3)cc1. The number of fused-ring (bicyclic) bond motifs is 1. The van der Waals surface area contributed by atoms with Crippen LogP contribution in [0.4, 0.5) is 0 Å². The van der Waals surface area contributed by atoms with Gasteiger partial charge >= 0.3 is 0 Å². The second-order valence-electron chi connectivity index (χ2n) is 7.12. The fourth-order valence-corrected chi connectivity index (χ4v) is 4.88. The van der Waals surface area contributed by atoms with Crippen LogP contribution in [0.25, 0.3) is 0 Å². The molecule has 0 atom stereocenters. The van der Waals surface area contributed by atoms with Crippen molar-refractivity contribution >= 4 is 34.6 Å². The minimum Gasteiger partial charge on any atom is -0.497 e. The second-order valence-corrected chi connectivity index (χ2v) is 8.62. The van der Waals surface area contributed by atoms with Crippen LogP contribution in [0.5, 0.6) is 5.75 Å². The van der Waals surface area contributed by atoms with Crippen molar-refractivity contribution in [1.29, 1.82) is 0 Å². The molecule has 1 amide bonds. The Kier molecular flexibility index (Phi) is 6.16. The molecule has 0 radical (unpaired) electrons. The number of aromatic nitrogens is 1. The van der Waals surface area contributed by atoms with Crippen LogP contribution in [0.15, 0.2) is 53.5 Å². The van der Waals surface area contributed by atoms with Gasteiger partial charge in [0.05, 0.1) is 13.7 Å². The van der Waals surface area contributed by atoms with Gasteiger partial charge in [0.25, 0.3) is 5.91 Å². The minimum atomic E-state index is -0.330. The summed E-state index contributed by atoms with van der Waals surface area (Å²) in [4.78, 5) is 31.8. The fourth-order valence-electron chi connectivity index (χ4n) is 3.54. The zero-order valence-corrected chi connectivity index (χ0v) is 18.1. The van der Waals surface area contributed by atoms with Gasteiger partial charge in [-0.15, -0.1) is 11.3 Å². The number of ketones is 1. The Morgan fingerprint density at radius 3 is 2.40 bits per heavy atom. The predicted molar refractivity (Wildman–Crippen MR) is 118 cm³/mol. The third kappa shape index (κ3) is 4.40. The van der Waals surface area contributed by atoms with E-state index in [2.05, 4.69) is 4.99 Å². The van der Waals surface area contributed by atoms with Gasteiger partial charge in [-0.1, -0.05) is 11.6 Å². The van der Waals surface area contributed by atoms with Crippen molar-refractivity contribution in [3.05, 3.63) is 80.1 Å². The fraction of sp³-hybridized carbons (Fsp3) is 0.261. The Morgan fingerprint density at radius 2 is 1.70 bits per heavy atom. The molecule has 0 fully saturated rings. The van der Waals surface area contributed by atoms with E-state index in [-0.39, 0.29) is 18.2 Å². The van der Waals surface area contributed by atoms with Gasteiger partial charge < -0.3 is 9.30 Å². The van der Waals surface area contributed by atoms with Crippen LogP contribution in [0.1, 0.15) is 44.1 Å². The van der Waals surface area contributed by atoms with Crippen LogP contribution >= 0.6 is 22.9 Å². The first-order chi connectivity index (χ1) is 14.5. The maximum atomic E-state index is 12.9. The number of hydrogen-bond acceptors (Lipinski definition) is 4. The zero-order chi connectivity index (χ0) is 21.1. The summed E-state index contributed by atoms with van der Waals surface area (Å²) < 4.78 is 7.06. The molecule has 1 heterocycles. The summed E-state index contributed by atoms with van der Waals surface area (Å²) in [6, 6.07) is 13.7. The average Bonchev–Trinajstić information content (AvgIpc) is 3.11. The molecule has 0 saturated heterocycles. The van der Waals surface area contributed by atoms with Crippen molar-refractivity contribution in [3.8, 4) is 5.75 Å². The Balaban J connectivity index is 1.69. The molecule has 0 saturated carbocycles. The van der Waals surface area contributed by atoms with Gasteiger partial charge in [-0.2, -0.15) is 4.99 Å². The standard InChI is InChI=1S/C23H21ClN2O3S/c1-29-18-12-8-16(9-13-18)22(28)25-23-26(19-4-2-3-5-21(19)30-23)14-20(27)15-6-10-17(24)11-7-15/h6-13H,2-5,14H2,1H3. The summed E-state index contributed by atoms with van der Waals surface area (Å²) >= 11 is 7.45. The average molecular weight is 441 g/mol. The van der Waals surface area contributed by atoms with Crippen LogP contribution in [0.3, 0.4) is 0 Å². The molecule has 4 rings (SSSR count). The molecule has 5 nitrogen and oxygen atoms in total. The highest BCUT2D eigenvalue weighted by Crippen LogP contribution is 2.24. The Bertz CT molecular complexity index is 1140. The van der Waals surface area contributed by atoms with E-state index in [9.17, 15) is 9.59 Å². The summed E-state index contributed by atoms with van der Waals surface area (Å²) in [5.74, 6) is 0.321. The topological polar surface area (TPSA) is 60.7 Å². The summed E-state index contributed by atoms with van der Waals surface area (Å²) in [5, 5.41) is 0.591. The van der Waals surface area contributed by atoms with Crippen molar-refractivity contribution in [3.63, 3.8) is 0 Å². The molecular formula is C23H21ClN2O3S. The molecule has 154 valence electrons. The summed E-state index contributed by atoms with van der Waals surface area (Å²) in [6.07, 6.45) is 4.04. The monoisotopic (exact) mass is 440 g/mol. The van der Waals surface area contributed by atoms with Crippen molar-refractivity contribution in [2.45, 2.75) is 32.2 Å². The first kappa shape index (κ1) is 20.6. The number of benzene rings is 2. The molecule has 0 N–H and O–H groups in total. The lowest BCUT2D eigenvalue weighted by atomic mass is 10.0. The molecule has 1 aliphatic carbocycles. The number of rotatable bonds is 5. The smallest absolute Gasteiger partial charge is 0.279 e. The van der Waals surface area contributed by atoms with Crippen LogP contribution in [0.2, 0.25) is 5.02 Å². The van der Waals surface area contributed by atoms with Crippen molar-refractivity contribution in [2.24, 2.45) is 4.99 Å². The summed E-state index contributed by atoms with van der Waals surface area (Å²) in [7, 11) is 1.58. The predicted octanol–water partition coefficient (Wildman–Crippen LogP) is 4.71. The van der Waals surface area contributed by atoms with Gasteiger partial charge in [0.2, 0.25) is 0 Å². The van der Waals surface area contributed by atoms with Gasteiger partial charge in [-0.25, -0.2) is 0 Å². The number of thiazole rings is 1. The molecule has 1 aromatic heterocycles. The molecular weight excluding hydrogens is 420 g/mol. The molecule has 7 heteroatoms. The number of methoxy groups -OCH3 is 1. The Hall–Kier alpha value is -2.70. The Morgan fingerprint density at radius 1 is 1.03 bits per heavy atom. The van der Waals surface area contributed by atoms with Crippen molar-refractivity contribution in [1.82, 2.24) is 4.57 Å². The van der Waals surface area contributed by atoms with Crippen LogP contribution in [-0.4, -0.2) is 23.4 Å². The van der Waals surface area contributed by atoms with Crippen molar-refractivity contribution < 1.29 is 14.3 Å². The third-order valence-electron chi connectivity index (χ3n) is 5.16. The molecule has 0 unspecified atom stereocenters. The molecule has 0 spiro atoms. The van der Waals surface area contributed by atoms with Gasteiger partial charge in [-0.3, -0.25) is 9.59 Å². The highest BCUT2D eigenvalue weighted by atomic mass is 35.5. The first-order valence-electron chi connectivity index (χ1n) is 9.78. The first-order valence-corrected chi connectivity index (χ1v) is 11.0. The maximum Gasteiger partial charge on any atom is 0.279 e. The second kappa shape index (κ2) is 8.98. The van der Waals surface area contributed by atoms with E-state index in [1.54, 1.807) is 55.6 Å². The number of carbonyl (C=O) groups is 2. The number of ether oxygens (including phenoxy) is 1. The van der Waals surface area contributed by atoms with E-state index >= 15 is 0 Å². The van der Waals surface area contributed by atoms with Crippen LogP contribution in [-0.2, 0) is 19.4 Å². The number of hydrogen-bond donors (Lipinski definition) is 0. The van der Waals surface area contributed by atoms with E-state index in [4.69, 9.17) is 16.3 Å². The number of nitrogens with zero attached hydrogens (tertiary/aromatic N) is 2. The minimum absolute atomic E-state index is 0.0313. The molecule has 30 heavy (non-hydrogen) atoms. The van der Waals surface area contributed by atoms with Gasteiger partial charge in [0.1, 0.15) is 5.75 Å². The van der Waals surface area contributed by atoms with E-state index in [1.807, 2.05) is 4.57 Å².